The van der Waals surface area contributed by atoms with Crippen LogP contribution in [0.25, 0.3) is 78.0 Å². The largest absolute Gasteiger partial charge is 0.278 e. The second-order valence-corrected chi connectivity index (χ2v) is 10.7. The molecule has 0 aliphatic heterocycles. The molecule has 6 aromatic carbocycles. The molecule has 0 radical (unpaired) electrons. The Morgan fingerprint density at radius 3 is 1.64 bits per heavy atom. The number of rotatable bonds is 1. The van der Waals surface area contributed by atoms with Crippen molar-refractivity contribution in [3.63, 3.8) is 0 Å². The summed E-state index contributed by atoms with van der Waals surface area (Å²) in [5.41, 5.74) is 14.5. The highest BCUT2D eigenvalue weighted by atomic mass is 15.2. The Bertz CT molecular complexity index is 2430. The zero-order chi connectivity index (χ0) is 27.8. The van der Waals surface area contributed by atoms with Crippen molar-refractivity contribution in [2.75, 3.05) is 0 Å². The Morgan fingerprint density at radius 1 is 0.500 bits per heavy atom. The predicted octanol–water partition coefficient (Wildman–Crippen LogP) is 9.28. The van der Waals surface area contributed by atoms with E-state index in [4.69, 9.17) is 4.98 Å². The molecule has 0 unspecified atom stereocenters. The number of hydrogen-bond acceptors (Lipinski definition) is 2. The molecule has 8 aromatic rings. The molecule has 9 rings (SSSR count). The van der Waals surface area contributed by atoms with Gasteiger partial charge >= 0.3 is 0 Å². The van der Waals surface area contributed by atoms with Crippen molar-refractivity contribution in [2.24, 2.45) is 0 Å². The molecule has 194 valence electrons. The molecule has 1 aliphatic carbocycles. The zero-order valence-electron chi connectivity index (χ0n) is 22.5. The van der Waals surface area contributed by atoms with Crippen molar-refractivity contribution >= 4 is 27.8 Å². The number of benzene rings is 6. The number of para-hydroxylation sites is 4. The van der Waals surface area contributed by atoms with Crippen molar-refractivity contribution in [1.82, 2.24) is 14.0 Å². The maximum Gasteiger partial charge on any atom is 0.220 e. The highest BCUT2D eigenvalue weighted by Crippen LogP contribution is 2.49. The van der Waals surface area contributed by atoms with Gasteiger partial charge in [-0.15, -0.1) is 0 Å². The van der Waals surface area contributed by atoms with Crippen LogP contribution in [0, 0.1) is 11.3 Å². The summed E-state index contributed by atoms with van der Waals surface area (Å²) in [6, 6.07) is 49.0. The number of hydrogen-bond donors (Lipinski definition) is 0. The van der Waals surface area contributed by atoms with E-state index in [0.29, 0.717) is 5.56 Å². The van der Waals surface area contributed by atoms with E-state index in [0.717, 1.165) is 66.9 Å². The molecular formula is C38H22N4. The van der Waals surface area contributed by atoms with E-state index in [-0.39, 0.29) is 0 Å². The fraction of sp³-hybridized carbons (Fsp3) is 0. The topological polar surface area (TPSA) is 46.0 Å². The van der Waals surface area contributed by atoms with Gasteiger partial charge in [-0.2, -0.15) is 5.26 Å². The van der Waals surface area contributed by atoms with Gasteiger partial charge in [0.2, 0.25) is 5.78 Å². The van der Waals surface area contributed by atoms with Gasteiger partial charge in [-0.25, -0.2) is 4.98 Å². The third kappa shape index (κ3) is 3.02. The van der Waals surface area contributed by atoms with E-state index >= 15 is 0 Å². The van der Waals surface area contributed by atoms with Crippen molar-refractivity contribution < 1.29 is 0 Å². The molecule has 0 amide bonds. The Balaban J connectivity index is 1.45. The van der Waals surface area contributed by atoms with Crippen LogP contribution >= 0.6 is 0 Å². The maximum absolute atomic E-state index is 10.7. The van der Waals surface area contributed by atoms with E-state index in [1.54, 1.807) is 0 Å². The second-order valence-electron chi connectivity index (χ2n) is 10.7. The molecule has 0 saturated carbocycles. The Morgan fingerprint density at radius 2 is 1.00 bits per heavy atom. The van der Waals surface area contributed by atoms with E-state index in [1.807, 2.05) is 24.3 Å². The van der Waals surface area contributed by atoms with Gasteiger partial charge in [0.1, 0.15) is 0 Å². The summed E-state index contributed by atoms with van der Waals surface area (Å²) in [6.45, 7) is 0. The minimum absolute atomic E-state index is 0.635. The molecule has 4 nitrogen and oxygen atoms in total. The number of fused-ring (bicyclic) bond motifs is 13. The first-order chi connectivity index (χ1) is 20.8. The molecule has 0 fully saturated rings. The average molecular weight is 535 g/mol. The summed E-state index contributed by atoms with van der Waals surface area (Å²) >= 11 is 0. The van der Waals surface area contributed by atoms with Crippen LogP contribution in [0.5, 0.6) is 0 Å². The smallest absolute Gasteiger partial charge is 0.220 e. The molecule has 0 atom stereocenters. The van der Waals surface area contributed by atoms with Crippen LogP contribution in [0.2, 0.25) is 0 Å². The van der Waals surface area contributed by atoms with E-state index in [9.17, 15) is 5.26 Å². The third-order valence-electron chi connectivity index (χ3n) is 8.53. The molecule has 42 heavy (non-hydrogen) atoms. The van der Waals surface area contributed by atoms with Gasteiger partial charge in [0.15, 0.2) is 0 Å². The summed E-state index contributed by atoms with van der Waals surface area (Å²) in [7, 11) is 0. The van der Waals surface area contributed by atoms with Gasteiger partial charge < -0.3 is 0 Å². The first kappa shape index (κ1) is 22.9. The number of nitriles is 1. The lowest BCUT2D eigenvalue weighted by Crippen LogP contribution is -2.02. The quantitative estimate of drug-likeness (QED) is 0.211. The Labute approximate surface area is 242 Å². The lowest BCUT2D eigenvalue weighted by atomic mass is 9.79. The van der Waals surface area contributed by atoms with Gasteiger partial charge in [-0.1, -0.05) is 97.1 Å². The highest BCUT2D eigenvalue weighted by Gasteiger charge is 2.26. The predicted molar refractivity (Wildman–Crippen MR) is 170 cm³/mol. The molecule has 2 heterocycles. The summed E-state index contributed by atoms with van der Waals surface area (Å²) in [6.07, 6.45) is 0. The Hall–Kier alpha value is -5.92. The van der Waals surface area contributed by atoms with Crippen LogP contribution in [0.3, 0.4) is 0 Å². The zero-order valence-corrected chi connectivity index (χ0v) is 22.5. The van der Waals surface area contributed by atoms with Gasteiger partial charge in [-0.3, -0.25) is 8.97 Å². The monoisotopic (exact) mass is 534 g/mol. The van der Waals surface area contributed by atoms with Crippen LogP contribution in [-0.2, 0) is 0 Å². The summed E-state index contributed by atoms with van der Waals surface area (Å²) in [5, 5.41) is 10.7. The van der Waals surface area contributed by atoms with Crippen LogP contribution in [0.1, 0.15) is 5.56 Å². The van der Waals surface area contributed by atoms with Crippen molar-refractivity contribution in [1.29, 1.82) is 5.26 Å². The van der Waals surface area contributed by atoms with E-state index in [1.165, 1.54) is 11.1 Å². The van der Waals surface area contributed by atoms with E-state index < -0.39 is 0 Å². The van der Waals surface area contributed by atoms with Gasteiger partial charge in [0.25, 0.3) is 0 Å². The average Bonchev–Trinajstić information content (AvgIpc) is 3.58. The first-order valence-corrected chi connectivity index (χ1v) is 14.1. The lowest BCUT2D eigenvalue weighted by Gasteiger charge is -2.24. The van der Waals surface area contributed by atoms with Gasteiger partial charge in [0.05, 0.1) is 39.4 Å². The summed E-state index contributed by atoms with van der Waals surface area (Å²) in [5.74, 6) is 0.825. The van der Waals surface area contributed by atoms with Crippen LogP contribution < -0.4 is 0 Å². The standard InChI is InChI=1S/C38H22N4/c39-23-24-21-25(41-35-19-9-10-20-36(35)42-34-18-8-7-17-33(34)40-38(41)42)22-32-30-15-4-3-13-28(30)26-11-1-2-12-27(26)29-14-5-6-16-31(29)37(24)32/h1-22H. The SMILES string of the molecule is N#Cc1cc(-n2c3ccccc3n3c4ccccc4nc23)cc2c1-c1ccccc1-c1ccccc1-c1ccccc1-2. The molecule has 0 bridgehead atoms. The van der Waals surface area contributed by atoms with Crippen LogP contribution in [0.15, 0.2) is 133 Å². The van der Waals surface area contributed by atoms with Crippen molar-refractivity contribution in [2.45, 2.75) is 0 Å². The van der Waals surface area contributed by atoms with Crippen LogP contribution in [0.4, 0.5) is 0 Å². The van der Waals surface area contributed by atoms with E-state index in [2.05, 4.69) is 124 Å². The summed E-state index contributed by atoms with van der Waals surface area (Å²) < 4.78 is 4.41. The highest BCUT2D eigenvalue weighted by molar-refractivity contribution is 6.05. The second kappa shape index (κ2) is 8.54. The minimum atomic E-state index is 0.635. The molecule has 0 N–H and O–H groups in total. The van der Waals surface area contributed by atoms with Gasteiger partial charge in [-0.05, 0) is 75.3 Å². The lowest BCUT2D eigenvalue weighted by molar-refractivity contribution is 1.11. The molecule has 2 aromatic heterocycles. The minimum Gasteiger partial charge on any atom is -0.278 e. The number of nitrogens with zero attached hydrogens (tertiary/aromatic N) is 4. The number of imidazole rings is 2. The third-order valence-corrected chi connectivity index (χ3v) is 8.53. The Kier molecular flexibility index (Phi) is 4.65. The number of aromatic nitrogens is 3. The van der Waals surface area contributed by atoms with Gasteiger partial charge in [0, 0.05) is 5.56 Å². The molecule has 4 heteroatoms. The van der Waals surface area contributed by atoms with Crippen molar-refractivity contribution in [3.8, 4) is 56.3 Å². The summed E-state index contributed by atoms with van der Waals surface area (Å²) in [4.78, 5) is 5.08. The maximum atomic E-state index is 10.7. The van der Waals surface area contributed by atoms with Crippen molar-refractivity contribution in [3.05, 3.63) is 139 Å². The molecule has 0 spiro atoms. The molecular weight excluding hydrogens is 512 g/mol. The normalized spacial score (nSPS) is 11.8. The molecule has 1 aliphatic rings. The fourth-order valence-electron chi connectivity index (χ4n) is 6.79. The first-order valence-electron chi connectivity index (χ1n) is 14.1. The van der Waals surface area contributed by atoms with Crippen LogP contribution in [-0.4, -0.2) is 14.0 Å². The molecule has 0 saturated heterocycles. The fourth-order valence-corrected chi connectivity index (χ4v) is 6.79.